The Hall–Kier alpha value is -3.46. The van der Waals surface area contributed by atoms with E-state index in [2.05, 4.69) is 10.6 Å². The fraction of sp³-hybridized carbons (Fsp3) is 0.111. The van der Waals surface area contributed by atoms with Gasteiger partial charge in [0.15, 0.2) is 21.3 Å². The van der Waals surface area contributed by atoms with Crippen LogP contribution in [0.4, 0.5) is 22.7 Å². The van der Waals surface area contributed by atoms with E-state index in [0.29, 0.717) is 11.5 Å². The van der Waals surface area contributed by atoms with E-state index in [1.807, 2.05) is 0 Å². The third-order valence-electron chi connectivity index (χ3n) is 5.14. The molecule has 2 aromatic rings. The molecule has 0 aromatic heterocycles. The van der Waals surface area contributed by atoms with Crippen LogP contribution in [0.5, 0.6) is 11.5 Å². The number of hydrogen-bond acceptors (Lipinski definition) is 10. The lowest BCUT2D eigenvalue weighted by Gasteiger charge is -2.37. The van der Waals surface area contributed by atoms with E-state index >= 15 is 0 Å². The van der Waals surface area contributed by atoms with Gasteiger partial charge in [0.2, 0.25) is 0 Å². The Morgan fingerprint density at radius 2 is 1.09 bits per heavy atom. The highest BCUT2D eigenvalue weighted by Crippen LogP contribution is 2.46. The summed E-state index contributed by atoms with van der Waals surface area (Å²) >= 11 is 0. The minimum Gasteiger partial charge on any atom is -0.456 e. The Labute approximate surface area is 182 Å². The van der Waals surface area contributed by atoms with E-state index in [0.717, 1.165) is 0 Å². The zero-order chi connectivity index (χ0) is 23.0. The van der Waals surface area contributed by atoms with Gasteiger partial charge in [-0.3, -0.25) is 9.11 Å². The SMILES string of the molecule is Nc1ccc2c(c1S(=O)(=O)O)OC1=CC3Nc4ccc(N)c(S(=O)(=O)O)c4OC3=CC1N2. The van der Waals surface area contributed by atoms with Crippen molar-refractivity contribution in [3.05, 3.63) is 47.9 Å². The third kappa shape index (κ3) is 3.12. The number of ether oxygens (including phenoxy) is 2. The maximum Gasteiger partial charge on any atom is 0.300 e. The van der Waals surface area contributed by atoms with Crippen LogP contribution >= 0.6 is 0 Å². The number of nitrogen functional groups attached to an aromatic ring is 2. The van der Waals surface area contributed by atoms with Gasteiger partial charge in [-0.25, -0.2) is 0 Å². The summed E-state index contributed by atoms with van der Waals surface area (Å²) < 4.78 is 78.0. The molecule has 2 aliphatic heterocycles. The third-order valence-corrected chi connectivity index (χ3v) is 7.01. The van der Waals surface area contributed by atoms with Crippen LogP contribution in [0.15, 0.2) is 57.7 Å². The van der Waals surface area contributed by atoms with Gasteiger partial charge in [0.05, 0.1) is 22.7 Å². The van der Waals surface area contributed by atoms with Crippen molar-refractivity contribution in [1.82, 2.24) is 0 Å². The number of anilines is 4. The van der Waals surface area contributed by atoms with E-state index in [1.165, 1.54) is 24.3 Å². The molecule has 8 N–H and O–H groups in total. The largest absolute Gasteiger partial charge is 0.456 e. The van der Waals surface area contributed by atoms with Crippen molar-refractivity contribution in [3.63, 3.8) is 0 Å². The molecule has 2 unspecified atom stereocenters. The second-order valence-corrected chi connectivity index (χ2v) is 9.97. The van der Waals surface area contributed by atoms with Crippen LogP contribution in [-0.4, -0.2) is 38.0 Å². The van der Waals surface area contributed by atoms with Crippen molar-refractivity contribution >= 4 is 43.0 Å². The Kier molecular flexibility index (Phi) is 4.17. The van der Waals surface area contributed by atoms with Crippen molar-refractivity contribution in [2.45, 2.75) is 21.9 Å². The van der Waals surface area contributed by atoms with Crippen molar-refractivity contribution < 1.29 is 35.4 Å². The number of fused-ring (bicyclic) bond motifs is 4. The maximum atomic E-state index is 11.8. The highest BCUT2D eigenvalue weighted by Gasteiger charge is 2.38. The lowest BCUT2D eigenvalue weighted by atomic mass is 9.99. The molecule has 2 heterocycles. The van der Waals surface area contributed by atoms with Crippen LogP contribution in [0, 0.1) is 0 Å². The van der Waals surface area contributed by atoms with Gasteiger partial charge < -0.3 is 31.6 Å². The van der Waals surface area contributed by atoms with Crippen molar-refractivity contribution in [3.8, 4) is 11.5 Å². The smallest absolute Gasteiger partial charge is 0.300 e. The number of nitrogens with two attached hydrogens (primary N) is 2. The molecule has 2 aromatic carbocycles. The van der Waals surface area contributed by atoms with E-state index in [-0.39, 0.29) is 34.2 Å². The zero-order valence-corrected chi connectivity index (χ0v) is 17.6. The molecule has 168 valence electrons. The first-order valence-electron chi connectivity index (χ1n) is 9.05. The molecule has 32 heavy (non-hydrogen) atoms. The molecule has 0 saturated carbocycles. The summed E-state index contributed by atoms with van der Waals surface area (Å²) in [5.74, 6) is 0.300. The zero-order valence-electron chi connectivity index (χ0n) is 15.9. The number of hydrogen-bond donors (Lipinski definition) is 6. The molecule has 0 spiro atoms. The van der Waals surface area contributed by atoms with Crippen molar-refractivity contribution in [2.24, 2.45) is 0 Å². The summed E-state index contributed by atoms with van der Waals surface area (Å²) in [5.41, 5.74) is 11.6. The van der Waals surface area contributed by atoms with Gasteiger partial charge in [-0.1, -0.05) is 0 Å². The Bertz CT molecular complexity index is 1350. The maximum absolute atomic E-state index is 11.8. The van der Waals surface area contributed by atoms with E-state index < -0.39 is 42.1 Å². The average Bonchev–Trinajstić information content (AvgIpc) is 2.67. The van der Waals surface area contributed by atoms with Gasteiger partial charge in [0.25, 0.3) is 20.2 Å². The second-order valence-electron chi connectivity index (χ2n) is 7.26. The predicted octanol–water partition coefficient (Wildman–Crippen LogP) is 1.17. The number of nitrogens with one attached hydrogen (secondary N) is 2. The normalized spacial score (nSPS) is 21.1. The van der Waals surface area contributed by atoms with Crippen LogP contribution in [0.2, 0.25) is 0 Å². The summed E-state index contributed by atoms with van der Waals surface area (Å²) in [7, 11) is -9.33. The van der Waals surface area contributed by atoms with Crippen LogP contribution in [0.3, 0.4) is 0 Å². The Morgan fingerprint density at radius 1 is 0.719 bits per heavy atom. The molecule has 14 heteroatoms. The highest BCUT2D eigenvalue weighted by atomic mass is 32.2. The fourth-order valence-corrected chi connectivity index (χ4v) is 5.31. The minimum atomic E-state index is -4.66. The fourth-order valence-electron chi connectivity index (χ4n) is 3.81. The molecule has 0 saturated heterocycles. The summed E-state index contributed by atoms with van der Waals surface area (Å²) in [6.45, 7) is 0. The van der Waals surface area contributed by atoms with Gasteiger partial charge in [-0.2, -0.15) is 16.8 Å². The van der Waals surface area contributed by atoms with Crippen LogP contribution < -0.4 is 31.6 Å². The van der Waals surface area contributed by atoms with Gasteiger partial charge >= 0.3 is 0 Å². The first kappa shape index (κ1) is 20.4. The van der Waals surface area contributed by atoms with Gasteiger partial charge in [-0.05, 0) is 36.4 Å². The lowest BCUT2D eigenvalue weighted by molar-refractivity contribution is 0.340. The molecule has 5 rings (SSSR count). The summed E-state index contributed by atoms with van der Waals surface area (Å²) in [6, 6.07) is 4.39. The van der Waals surface area contributed by atoms with Crippen LogP contribution in [-0.2, 0) is 20.2 Å². The monoisotopic (exact) mass is 480 g/mol. The molecule has 2 atom stereocenters. The lowest BCUT2D eigenvalue weighted by Crippen LogP contribution is -2.39. The van der Waals surface area contributed by atoms with Crippen LogP contribution in [0.1, 0.15) is 0 Å². The van der Waals surface area contributed by atoms with Crippen molar-refractivity contribution in [1.29, 1.82) is 0 Å². The topological polar surface area (TPSA) is 203 Å². The summed E-state index contributed by atoms with van der Waals surface area (Å²) in [4.78, 5) is -1.11. The molecule has 0 fully saturated rings. The average molecular weight is 480 g/mol. The number of benzene rings is 2. The first-order valence-corrected chi connectivity index (χ1v) is 11.9. The highest BCUT2D eigenvalue weighted by molar-refractivity contribution is 7.86. The molecule has 1 aliphatic carbocycles. The summed E-state index contributed by atoms with van der Waals surface area (Å²) in [6.07, 6.45) is 3.19. The number of rotatable bonds is 2. The van der Waals surface area contributed by atoms with E-state index in [1.54, 1.807) is 12.2 Å². The minimum absolute atomic E-state index is 0.148. The molecule has 0 bridgehead atoms. The first-order chi connectivity index (χ1) is 14.9. The van der Waals surface area contributed by atoms with Gasteiger partial charge in [-0.15, -0.1) is 0 Å². The predicted molar refractivity (Wildman–Crippen MR) is 114 cm³/mol. The molecular formula is C18H16N4O8S2. The molecule has 3 aliphatic rings. The Morgan fingerprint density at radius 3 is 1.44 bits per heavy atom. The second kappa shape index (κ2) is 6.52. The molecule has 0 amide bonds. The van der Waals surface area contributed by atoms with Gasteiger partial charge in [0.1, 0.15) is 23.6 Å². The van der Waals surface area contributed by atoms with E-state index in [4.69, 9.17) is 20.9 Å². The summed E-state index contributed by atoms with van der Waals surface area (Å²) in [5, 5.41) is 6.10. The van der Waals surface area contributed by atoms with Crippen molar-refractivity contribution in [2.75, 3.05) is 22.1 Å². The quantitative estimate of drug-likeness (QED) is 0.265. The van der Waals surface area contributed by atoms with Crippen LogP contribution in [0.25, 0.3) is 0 Å². The molecular weight excluding hydrogens is 464 g/mol. The Balaban J connectivity index is 1.58. The standard InChI is InChI=1S/C18H16N4O8S2/c19-7-1-3-9-15(17(7)31(23,24)25)29-13-6-12-14(5-11(13)21-9)30-16-10(22-12)4-2-8(20)18(16)32(26,27)28/h1-6,11-12,21-22H,19-20H2,(H,23,24,25)(H,26,27,28). The van der Waals surface area contributed by atoms with Gasteiger partial charge in [0, 0.05) is 0 Å². The van der Waals surface area contributed by atoms with E-state index in [9.17, 15) is 25.9 Å². The molecule has 12 nitrogen and oxygen atoms in total. The molecule has 0 radical (unpaired) electrons.